The van der Waals surface area contributed by atoms with Gasteiger partial charge in [0.05, 0.1) is 24.3 Å². The number of halogens is 2. The molecular formula is C24H30ClFN4O2. The number of aromatic nitrogens is 2. The Labute approximate surface area is 193 Å². The number of nitrogens with zero attached hydrogens (tertiary/aromatic N) is 3. The lowest BCUT2D eigenvalue weighted by Gasteiger charge is -2.32. The van der Waals surface area contributed by atoms with Crippen LogP contribution in [0.3, 0.4) is 0 Å². The number of aryl methyl sites for hydroxylation is 1. The molecule has 6 nitrogen and oxygen atoms in total. The van der Waals surface area contributed by atoms with E-state index >= 15 is 0 Å². The Hall–Kier alpha value is -2.48. The Morgan fingerprint density at radius 1 is 1.16 bits per heavy atom. The van der Waals surface area contributed by atoms with Gasteiger partial charge in [-0.25, -0.2) is 4.39 Å². The Morgan fingerprint density at radius 3 is 2.66 bits per heavy atom. The predicted molar refractivity (Wildman–Crippen MR) is 127 cm³/mol. The van der Waals surface area contributed by atoms with Gasteiger partial charge in [0, 0.05) is 37.8 Å². The highest BCUT2D eigenvalue weighted by Gasteiger charge is 2.19. The summed E-state index contributed by atoms with van der Waals surface area (Å²) >= 11 is 0. The first-order valence-electron chi connectivity index (χ1n) is 10.8. The number of likely N-dealkylation sites (tertiary alicyclic amines) is 1. The van der Waals surface area contributed by atoms with Crippen molar-refractivity contribution in [2.75, 3.05) is 26.7 Å². The van der Waals surface area contributed by atoms with Crippen molar-refractivity contribution in [1.82, 2.24) is 19.8 Å². The molecule has 0 atom stereocenters. The average Bonchev–Trinajstić information content (AvgIpc) is 2.79. The van der Waals surface area contributed by atoms with Crippen LogP contribution in [0.1, 0.15) is 24.0 Å². The van der Waals surface area contributed by atoms with Gasteiger partial charge in [0.1, 0.15) is 11.6 Å². The molecule has 1 aromatic carbocycles. The average molecular weight is 461 g/mol. The number of piperidine rings is 1. The van der Waals surface area contributed by atoms with Crippen LogP contribution in [0.15, 0.2) is 47.4 Å². The van der Waals surface area contributed by atoms with Crippen molar-refractivity contribution >= 4 is 23.4 Å². The molecular weight excluding hydrogens is 431 g/mol. The maximum atomic E-state index is 13.4. The summed E-state index contributed by atoms with van der Waals surface area (Å²) in [5, 5.41) is 3.60. The SMILES string of the molecule is COc1cnc2ccc(=O)n(CCN3CCC(NCc4ccc(F)c(C)c4)CC3)c2c1.Cl. The van der Waals surface area contributed by atoms with E-state index in [1.165, 1.54) is 6.07 Å². The van der Waals surface area contributed by atoms with Gasteiger partial charge in [0.15, 0.2) is 0 Å². The van der Waals surface area contributed by atoms with Crippen molar-refractivity contribution in [3.63, 3.8) is 0 Å². The molecule has 0 aliphatic carbocycles. The number of rotatable bonds is 7. The second kappa shape index (κ2) is 10.9. The van der Waals surface area contributed by atoms with Gasteiger partial charge in [-0.05, 0) is 56.1 Å². The summed E-state index contributed by atoms with van der Waals surface area (Å²) in [4.78, 5) is 19.3. The van der Waals surface area contributed by atoms with Crippen molar-refractivity contribution in [2.24, 2.45) is 0 Å². The van der Waals surface area contributed by atoms with Crippen LogP contribution in [0.4, 0.5) is 4.39 Å². The minimum atomic E-state index is -0.156. The number of methoxy groups -OCH3 is 1. The fourth-order valence-electron chi connectivity index (χ4n) is 4.17. The lowest BCUT2D eigenvalue weighted by molar-refractivity contribution is 0.191. The highest BCUT2D eigenvalue weighted by Crippen LogP contribution is 2.17. The molecule has 172 valence electrons. The largest absolute Gasteiger partial charge is 0.495 e. The van der Waals surface area contributed by atoms with E-state index in [4.69, 9.17) is 4.74 Å². The number of hydrogen-bond acceptors (Lipinski definition) is 5. The molecule has 32 heavy (non-hydrogen) atoms. The fraction of sp³-hybridized carbons (Fsp3) is 0.417. The molecule has 1 aliphatic rings. The van der Waals surface area contributed by atoms with E-state index in [9.17, 15) is 9.18 Å². The highest BCUT2D eigenvalue weighted by molar-refractivity contribution is 5.85. The molecule has 3 aromatic rings. The molecule has 0 radical (unpaired) electrons. The Balaban J connectivity index is 0.00000289. The smallest absolute Gasteiger partial charge is 0.251 e. The van der Waals surface area contributed by atoms with Gasteiger partial charge in [-0.3, -0.25) is 9.78 Å². The molecule has 1 aliphatic heterocycles. The van der Waals surface area contributed by atoms with Crippen molar-refractivity contribution in [1.29, 1.82) is 0 Å². The lowest BCUT2D eigenvalue weighted by Crippen LogP contribution is -2.43. The van der Waals surface area contributed by atoms with Crippen LogP contribution in [0.25, 0.3) is 11.0 Å². The number of hydrogen-bond donors (Lipinski definition) is 1. The lowest BCUT2D eigenvalue weighted by atomic mass is 10.0. The molecule has 0 unspecified atom stereocenters. The standard InChI is InChI=1S/C24H29FN4O2.ClH/c1-17-13-18(3-4-21(17)25)15-26-19-7-9-28(10-8-19)11-12-29-23-14-20(31-2)16-27-22(23)5-6-24(29)30;/h3-6,13-14,16,19,26H,7-12,15H2,1-2H3;1H. The van der Waals surface area contributed by atoms with E-state index in [2.05, 4.69) is 15.2 Å². The number of fused-ring (bicyclic) bond motifs is 1. The summed E-state index contributed by atoms with van der Waals surface area (Å²) in [5.74, 6) is 0.492. The van der Waals surface area contributed by atoms with Gasteiger partial charge < -0.3 is 19.5 Å². The molecule has 0 bridgehead atoms. The molecule has 0 saturated carbocycles. The Kier molecular flexibility index (Phi) is 8.23. The molecule has 1 fully saturated rings. The summed E-state index contributed by atoms with van der Waals surface area (Å²) < 4.78 is 20.5. The van der Waals surface area contributed by atoms with Gasteiger partial charge in [-0.15, -0.1) is 12.4 Å². The molecule has 2 aromatic heterocycles. The topological polar surface area (TPSA) is 59.4 Å². The first-order chi connectivity index (χ1) is 15.0. The van der Waals surface area contributed by atoms with Gasteiger partial charge in [-0.1, -0.05) is 12.1 Å². The Bertz CT molecular complexity index is 1110. The van der Waals surface area contributed by atoms with Crippen LogP contribution in [-0.4, -0.2) is 47.2 Å². The zero-order chi connectivity index (χ0) is 21.8. The van der Waals surface area contributed by atoms with Crippen molar-refractivity contribution in [3.8, 4) is 5.75 Å². The number of ether oxygens (including phenoxy) is 1. The van der Waals surface area contributed by atoms with Crippen molar-refractivity contribution in [2.45, 2.75) is 38.9 Å². The van der Waals surface area contributed by atoms with E-state index in [0.29, 0.717) is 23.9 Å². The molecule has 8 heteroatoms. The van der Waals surface area contributed by atoms with E-state index in [1.54, 1.807) is 36.9 Å². The summed E-state index contributed by atoms with van der Waals surface area (Å²) in [6.07, 6.45) is 3.78. The van der Waals surface area contributed by atoms with E-state index in [1.807, 2.05) is 18.2 Å². The zero-order valence-electron chi connectivity index (χ0n) is 18.5. The second-order valence-corrected chi connectivity index (χ2v) is 8.18. The van der Waals surface area contributed by atoms with E-state index < -0.39 is 0 Å². The third kappa shape index (κ3) is 5.65. The van der Waals surface area contributed by atoms with Gasteiger partial charge in [0.25, 0.3) is 5.56 Å². The van der Waals surface area contributed by atoms with Crippen molar-refractivity contribution < 1.29 is 9.13 Å². The summed E-state index contributed by atoms with van der Waals surface area (Å²) in [6.45, 7) is 5.97. The monoisotopic (exact) mass is 460 g/mol. The molecule has 3 heterocycles. The predicted octanol–water partition coefficient (Wildman–Crippen LogP) is 3.53. The van der Waals surface area contributed by atoms with Crippen LogP contribution >= 0.6 is 12.4 Å². The number of pyridine rings is 2. The summed E-state index contributed by atoms with van der Waals surface area (Å²) in [7, 11) is 1.60. The van der Waals surface area contributed by atoms with Gasteiger partial charge >= 0.3 is 0 Å². The molecule has 0 spiro atoms. The quantitative estimate of drug-likeness (QED) is 0.584. The highest BCUT2D eigenvalue weighted by atomic mass is 35.5. The van der Waals surface area contributed by atoms with Gasteiger partial charge in [-0.2, -0.15) is 0 Å². The normalized spacial score (nSPS) is 15.0. The molecule has 1 saturated heterocycles. The van der Waals surface area contributed by atoms with Crippen molar-refractivity contribution in [3.05, 3.63) is 69.9 Å². The molecule has 0 amide bonds. The van der Waals surface area contributed by atoms with Crippen LogP contribution < -0.4 is 15.6 Å². The number of nitrogens with one attached hydrogen (secondary N) is 1. The first-order valence-corrected chi connectivity index (χ1v) is 10.8. The number of benzene rings is 1. The third-order valence-electron chi connectivity index (χ3n) is 6.09. The van der Waals surface area contributed by atoms with Crippen LogP contribution in [0, 0.1) is 12.7 Å². The van der Waals surface area contributed by atoms with Crippen LogP contribution in [0.2, 0.25) is 0 Å². The zero-order valence-corrected chi connectivity index (χ0v) is 19.3. The first kappa shape index (κ1) is 24.2. The Morgan fingerprint density at radius 2 is 1.94 bits per heavy atom. The fourth-order valence-corrected chi connectivity index (χ4v) is 4.17. The van der Waals surface area contributed by atoms with E-state index in [0.717, 1.165) is 55.6 Å². The van der Waals surface area contributed by atoms with Gasteiger partial charge in [0.2, 0.25) is 0 Å². The summed E-state index contributed by atoms with van der Waals surface area (Å²) in [5.41, 5.74) is 3.37. The maximum absolute atomic E-state index is 13.4. The molecule has 4 rings (SSSR count). The maximum Gasteiger partial charge on any atom is 0.251 e. The minimum absolute atomic E-state index is 0. The molecule has 1 N–H and O–H groups in total. The minimum Gasteiger partial charge on any atom is -0.495 e. The summed E-state index contributed by atoms with van der Waals surface area (Å²) in [6, 6.07) is 10.9. The third-order valence-corrected chi connectivity index (χ3v) is 6.09. The second-order valence-electron chi connectivity index (χ2n) is 8.18. The van der Waals surface area contributed by atoms with Crippen LogP contribution in [0.5, 0.6) is 5.75 Å². The van der Waals surface area contributed by atoms with E-state index in [-0.39, 0.29) is 23.8 Å². The van der Waals surface area contributed by atoms with Crippen LogP contribution in [-0.2, 0) is 13.1 Å².